The lowest BCUT2D eigenvalue weighted by atomic mass is 10.1. The zero-order valence-electron chi connectivity index (χ0n) is 20.1. The van der Waals surface area contributed by atoms with Crippen molar-refractivity contribution >= 4 is 27.6 Å². The average molecular weight is 534 g/mol. The number of nitrogens with one attached hydrogen (secondary N) is 1. The zero-order valence-corrected chi connectivity index (χ0v) is 21.7. The van der Waals surface area contributed by atoms with Gasteiger partial charge in [0, 0.05) is 31.3 Å². The zero-order chi connectivity index (χ0) is 26.0. The van der Waals surface area contributed by atoms with Crippen LogP contribution >= 0.6 is 11.6 Å². The van der Waals surface area contributed by atoms with Gasteiger partial charge in [0.1, 0.15) is 11.5 Å². The van der Waals surface area contributed by atoms with Gasteiger partial charge < -0.3 is 9.26 Å². The van der Waals surface area contributed by atoms with Crippen LogP contribution in [0.1, 0.15) is 50.3 Å². The minimum atomic E-state index is -3.98. The number of anilines is 1. The maximum atomic E-state index is 13.4. The number of methoxy groups -OCH3 is 1. The van der Waals surface area contributed by atoms with Crippen molar-refractivity contribution in [2.45, 2.75) is 44.9 Å². The second-order valence-corrected chi connectivity index (χ2v) is 10.5. The average Bonchev–Trinajstić information content (AvgIpc) is 3.49. The molecule has 0 aromatic carbocycles. The molecule has 0 spiro atoms. The predicted molar refractivity (Wildman–Crippen MR) is 130 cm³/mol. The number of hydrogen-bond acceptors (Lipinski definition) is 11. The van der Waals surface area contributed by atoms with Crippen molar-refractivity contribution in [3.63, 3.8) is 0 Å². The van der Waals surface area contributed by atoms with Crippen LogP contribution in [-0.4, -0.2) is 60.6 Å². The molecule has 0 fully saturated rings. The minimum Gasteiger partial charge on any atom is -0.481 e. The normalized spacial score (nSPS) is 14.3. The number of aromatic nitrogens is 8. The van der Waals surface area contributed by atoms with Crippen LogP contribution in [0.3, 0.4) is 0 Å². The van der Waals surface area contributed by atoms with Crippen LogP contribution < -0.4 is 9.46 Å². The monoisotopic (exact) mass is 533 g/mol. The Bertz CT molecular complexity index is 1460. The Morgan fingerprint density at radius 3 is 2.44 bits per heavy atom. The van der Waals surface area contributed by atoms with Crippen molar-refractivity contribution in [2.75, 3.05) is 11.8 Å². The molecule has 13 nitrogen and oxygen atoms in total. The summed E-state index contributed by atoms with van der Waals surface area (Å²) in [4.78, 5) is 17.0. The predicted octanol–water partition coefficient (Wildman–Crippen LogP) is 3.03. The van der Waals surface area contributed by atoms with E-state index in [0.717, 1.165) is 0 Å². The van der Waals surface area contributed by atoms with Crippen LogP contribution in [0.25, 0.3) is 11.5 Å². The molecule has 0 unspecified atom stereocenters. The van der Waals surface area contributed by atoms with Gasteiger partial charge in [-0.2, -0.15) is 4.98 Å². The number of pyridine rings is 1. The van der Waals surface area contributed by atoms with E-state index in [-0.39, 0.29) is 11.8 Å². The first-order chi connectivity index (χ1) is 17.1. The molecule has 4 aromatic heterocycles. The van der Waals surface area contributed by atoms with Crippen molar-refractivity contribution < 1.29 is 17.7 Å². The Morgan fingerprint density at radius 2 is 1.81 bits per heavy atom. The summed E-state index contributed by atoms with van der Waals surface area (Å²) in [7, 11) is -2.49. The van der Waals surface area contributed by atoms with Crippen LogP contribution in [-0.2, 0) is 10.0 Å². The summed E-state index contributed by atoms with van der Waals surface area (Å²) in [6.07, 6.45) is 2.84. The Kier molecular flexibility index (Phi) is 7.17. The first-order valence-electron chi connectivity index (χ1n) is 10.9. The maximum absolute atomic E-state index is 13.4. The van der Waals surface area contributed by atoms with E-state index in [1.54, 1.807) is 50.5 Å². The van der Waals surface area contributed by atoms with E-state index in [9.17, 15) is 8.42 Å². The quantitative estimate of drug-likeness (QED) is 0.336. The second kappa shape index (κ2) is 10.1. The summed E-state index contributed by atoms with van der Waals surface area (Å²) in [6.45, 7) is 6.70. The molecule has 0 saturated heterocycles. The highest BCUT2D eigenvalue weighted by Crippen LogP contribution is 2.30. The molecule has 0 radical (unpaired) electrons. The molecule has 4 heterocycles. The van der Waals surface area contributed by atoms with E-state index >= 15 is 0 Å². The lowest BCUT2D eigenvalue weighted by molar-refractivity contribution is 0.381. The van der Waals surface area contributed by atoms with Gasteiger partial charge in [-0.25, -0.2) is 23.4 Å². The van der Waals surface area contributed by atoms with E-state index in [2.05, 4.69) is 40.0 Å². The summed E-state index contributed by atoms with van der Waals surface area (Å²) < 4.78 is 41.2. The topological polar surface area (TPSA) is 164 Å². The van der Waals surface area contributed by atoms with Crippen LogP contribution in [0.4, 0.5) is 5.95 Å². The molecular weight excluding hydrogens is 510 g/mol. The van der Waals surface area contributed by atoms with Crippen LogP contribution in [0, 0.1) is 6.92 Å². The molecule has 190 valence electrons. The second-order valence-electron chi connectivity index (χ2n) is 8.03. The highest BCUT2D eigenvalue weighted by Gasteiger charge is 2.33. The van der Waals surface area contributed by atoms with Gasteiger partial charge >= 0.3 is 0 Å². The van der Waals surface area contributed by atoms with E-state index in [1.807, 2.05) is 0 Å². The third-order valence-electron chi connectivity index (χ3n) is 5.64. The number of nitrogens with zero attached hydrogens (tertiary/aromatic N) is 8. The highest BCUT2D eigenvalue weighted by atomic mass is 35.5. The van der Waals surface area contributed by atoms with Crippen LogP contribution in [0.2, 0.25) is 5.02 Å². The number of rotatable bonds is 9. The standard InChI is InChI=1S/C21H24ClN9O4S/c1-11(18-23-9-15(22)10-24-18)13(3)36(32,33)30-21-28-27-20(16-7-6-8-17(26-16)34-5)31(21)12(2)19-25-14(4)35-29-19/h6-13H,1-5H3,(H,28,30)/t11-,12-,13-/m0/s1. The molecule has 4 aromatic rings. The molecule has 4 rings (SSSR count). The minimum absolute atomic E-state index is 0.0411. The van der Waals surface area contributed by atoms with Crippen molar-refractivity contribution in [1.82, 2.24) is 39.9 Å². The third kappa shape index (κ3) is 5.14. The number of aryl methyl sites for hydroxylation is 1. The molecule has 0 amide bonds. The lowest BCUT2D eigenvalue weighted by Gasteiger charge is -2.21. The fraction of sp³-hybridized carbons (Fsp3) is 0.381. The molecule has 15 heteroatoms. The number of ether oxygens (including phenoxy) is 1. The molecule has 0 bridgehead atoms. The first-order valence-corrected chi connectivity index (χ1v) is 12.8. The van der Waals surface area contributed by atoms with Crippen molar-refractivity contribution in [2.24, 2.45) is 0 Å². The molecule has 3 atom stereocenters. The van der Waals surface area contributed by atoms with Crippen molar-refractivity contribution in [1.29, 1.82) is 0 Å². The largest absolute Gasteiger partial charge is 0.481 e. The van der Waals surface area contributed by atoms with Crippen molar-refractivity contribution in [3.05, 3.63) is 53.2 Å². The third-order valence-corrected chi connectivity index (χ3v) is 7.69. The molecule has 0 aliphatic rings. The smallest absolute Gasteiger partial charge is 0.239 e. The van der Waals surface area contributed by atoms with Crippen molar-refractivity contribution in [3.8, 4) is 17.4 Å². The van der Waals surface area contributed by atoms with Gasteiger partial charge in [0.25, 0.3) is 0 Å². The van der Waals surface area contributed by atoms with Gasteiger partial charge in [0.05, 0.1) is 23.4 Å². The van der Waals surface area contributed by atoms with Gasteiger partial charge in [0.2, 0.25) is 27.7 Å². The number of sulfonamides is 1. The lowest BCUT2D eigenvalue weighted by Crippen LogP contribution is -2.32. The van der Waals surface area contributed by atoms with E-state index < -0.39 is 27.2 Å². The van der Waals surface area contributed by atoms with Gasteiger partial charge in [-0.3, -0.25) is 9.29 Å². The number of halogens is 1. The summed E-state index contributed by atoms with van der Waals surface area (Å²) in [5, 5.41) is 11.7. The van der Waals surface area contributed by atoms with Gasteiger partial charge in [-0.1, -0.05) is 29.7 Å². The molecule has 0 aliphatic carbocycles. The Hall–Kier alpha value is -3.65. The molecule has 36 heavy (non-hydrogen) atoms. The van der Waals surface area contributed by atoms with E-state index in [4.69, 9.17) is 20.9 Å². The Labute approximate surface area is 212 Å². The molecular formula is C21H24ClN9O4S. The van der Waals surface area contributed by atoms with E-state index in [1.165, 1.54) is 19.5 Å². The SMILES string of the molecule is COc1cccc(-c2nnc(NS(=O)(=O)[C@@H](C)[C@H](C)c3ncc(Cl)cn3)n2[C@@H](C)c2noc(C)n2)n1. The van der Waals surface area contributed by atoms with Gasteiger partial charge in [0.15, 0.2) is 11.6 Å². The first kappa shape index (κ1) is 25.4. The molecule has 1 N–H and O–H groups in total. The molecule has 0 saturated carbocycles. The highest BCUT2D eigenvalue weighted by molar-refractivity contribution is 7.93. The maximum Gasteiger partial charge on any atom is 0.239 e. The van der Waals surface area contributed by atoms with E-state index in [0.29, 0.717) is 34.1 Å². The Balaban J connectivity index is 1.73. The fourth-order valence-corrected chi connectivity index (χ4v) is 4.75. The summed E-state index contributed by atoms with van der Waals surface area (Å²) >= 11 is 5.86. The fourth-order valence-electron chi connectivity index (χ4n) is 3.41. The van der Waals surface area contributed by atoms with Crippen LogP contribution in [0.15, 0.2) is 35.1 Å². The molecule has 0 aliphatic heterocycles. The Morgan fingerprint density at radius 1 is 1.08 bits per heavy atom. The van der Waals surface area contributed by atoms with Gasteiger partial charge in [-0.05, 0) is 19.9 Å². The number of hydrogen-bond donors (Lipinski definition) is 1. The van der Waals surface area contributed by atoms with Crippen LogP contribution in [0.5, 0.6) is 5.88 Å². The summed E-state index contributed by atoms with van der Waals surface area (Å²) in [6, 6.07) is 4.52. The van der Waals surface area contributed by atoms with Gasteiger partial charge in [-0.15, -0.1) is 10.2 Å². The summed E-state index contributed by atoms with van der Waals surface area (Å²) in [5.41, 5.74) is 0.412. The summed E-state index contributed by atoms with van der Waals surface area (Å²) in [5.74, 6) is 1.07.